The average molecular weight is 464 g/mol. The average Bonchev–Trinajstić information content (AvgIpc) is 3.36. The summed E-state index contributed by atoms with van der Waals surface area (Å²) in [6, 6.07) is 13.9. The number of hydrogen-bond donors (Lipinski definition) is 1. The fraction of sp³-hybridized carbons (Fsp3) is 0.320. The molecule has 0 spiro atoms. The third-order valence-corrected chi connectivity index (χ3v) is 7.08. The number of anilines is 1. The lowest BCUT2D eigenvalue weighted by Gasteiger charge is -2.19. The Morgan fingerprint density at radius 3 is 2.55 bits per heavy atom. The number of rotatable bonds is 7. The SMILES string of the molecule is COc1ccc(-n2nc(C)c3sc(N(C)CC(=O)N[C@H](C)c4ccc(C)c(C)c4)nc32)cc1. The number of nitrogens with one attached hydrogen (secondary N) is 1. The van der Waals surface area contributed by atoms with Crippen molar-refractivity contribution in [3.05, 3.63) is 64.8 Å². The van der Waals surface area contributed by atoms with Gasteiger partial charge in [-0.25, -0.2) is 4.68 Å². The Morgan fingerprint density at radius 1 is 1.15 bits per heavy atom. The summed E-state index contributed by atoms with van der Waals surface area (Å²) in [5, 5.41) is 8.53. The van der Waals surface area contributed by atoms with E-state index in [2.05, 4.69) is 42.5 Å². The maximum Gasteiger partial charge on any atom is 0.240 e. The Bertz CT molecular complexity index is 1290. The Labute approximate surface area is 198 Å². The molecular formula is C25H29N5O2S. The molecule has 0 saturated carbocycles. The lowest BCUT2D eigenvalue weighted by molar-refractivity contribution is -0.120. The molecule has 1 N–H and O–H groups in total. The number of aryl methyl sites for hydroxylation is 3. The highest BCUT2D eigenvalue weighted by molar-refractivity contribution is 7.22. The van der Waals surface area contributed by atoms with E-state index in [1.807, 2.05) is 54.7 Å². The molecule has 0 radical (unpaired) electrons. The van der Waals surface area contributed by atoms with Crippen LogP contribution in [-0.4, -0.2) is 41.4 Å². The highest BCUT2D eigenvalue weighted by atomic mass is 32.1. The molecule has 4 aromatic rings. The molecule has 0 unspecified atom stereocenters. The number of ether oxygens (including phenoxy) is 1. The summed E-state index contributed by atoms with van der Waals surface area (Å²) in [6.45, 7) is 8.38. The van der Waals surface area contributed by atoms with E-state index in [0.29, 0.717) is 0 Å². The number of nitrogens with zero attached hydrogens (tertiary/aromatic N) is 4. The van der Waals surface area contributed by atoms with Crippen LogP contribution in [0.5, 0.6) is 5.75 Å². The van der Waals surface area contributed by atoms with Crippen LogP contribution in [0.3, 0.4) is 0 Å². The molecule has 7 nitrogen and oxygen atoms in total. The normalized spacial score (nSPS) is 12.1. The van der Waals surface area contributed by atoms with Crippen molar-refractivity contribution in [2.75, 3.05) is 25.6 Å². The van der Waals surface area contributed by atoms with Gasteiger partial charge in [-0.3, -0.25) is 4.79 Å². The predicted octanol–water partition coefficient (Wildman–Crippen LogP) is 4.73. The molecule has 4 rings (SSSR count). The highest BCUT2D eigenvalue weighted by Gasteiger charge is 2.19. The van der Waals surface area contributed by atoms with Gasteiger partial charge in [-0.05, 0) is 68.7 Å². The number of likely N-dealkylation sites (N-methyl/N-ethyl adjacent to an activating group) is 1. The third-order valence-electron chi connectivity index (χ3n) is 5.81. The van der Waals surface area contributed by atoms with Gasteiger partial charge < -0.3 is 15.0 Å². The number of carbonyl (C=O) groups is 1. The second-order valence-electron chi connectivity index (χ2n) is 8.33. The molecule has 2 aromatic heterocycles. The molecule has 0 aliphatic heterocycles. The van der Waals surface area contributed by atoms with Crippen LogP contribution in [0.2, 0.25) is 0 Å². The molecule has 2 aromatic carbocycles. The van der Waals surface area contributed by atoms with E-state index in [0.717, 1.165) is 38.2 Å². The first kappa shape index (κ1) is 22.8. The van der Waals surface area contributed by atoms with Gasteiger partial charge in [0.05, 0.1) is 35.8 Å². The summed E-state index contributed by atoms with van der Waals surface area (Å²) >= 11 is 1.54. The van der Waals surface area contributed by atoms with Crippen LogP contribution in [0.4, 0.5) is 5.13 Å². The number of benzene rings is 2. The van der Waals surface area contributed by atoms with Crippen LogP contribution in [0.15, 0.2) is 42.5 Å². The van der Waals surface area contributed by atoms with Crippen LogP contribution in [0, 0.1) is 20.8 Å². The van der Waals surface area contributed by atoms with Crippen molar-refractivity contribution in [1.29, 1.82) is 0 Å². The molecule has 0 bridgehead atoms. The highest BCUT2D eigenvalue weighted by Crippen LogP contribution is 2.32. The smallest absolute Gasteiger partial charge is 0.240 e. The molecular weight excluding hydrogens is 434 g/mol. The molecule has 1 amide bonds. The number of hydrogen-bond acceptors (Lipinski definition) is 6. The zero-order valence-corrected chi connectivity index (χ0v) is 20.7. The lowest BCUT2D eigenvalue weighted by atomic mass is 10.0. The topological polar surface area (TPSA) is 72.3 Å². The minimum absolute atomic E-state index is 0.0454. The van der Waals surface area contributed by atoms with Gasteiger partial charge in [0.15, 0.2) is 10.8 Å². The van der Waals surface area contributed by atoms with Crippen LogP contribution < -0.4 is 15.0 Å². The molecule has 2 heterocycles. The molecule has 0 aliphatic carbocycles. The van der Waals surface area contributed by atoms with Crippen LogP contribution in [0.25, 0.3) is 16.0 Å². The minimum Gasteiger partial charge on any atom is -0.497 e. The number of methoxy groups -OCH3 is 1. The van der Waals surface area contributed by atoms with Crippen LogP contribution in [0.1, 0.15) is 35.3 Å². The van der Waals surface area contributed by atoms with Crippen molar-refractivity contribution < 1.29 is 9.53 Å². The Balaban J connectivity index is 1.49. The monoisotopic (exact) mass is 463 g/mol. The summed E-state index contributed by atoms with van der Waals surface area (Å²) < 4.78 is 8.09. The van der Waals surface area contributed by atoms with Crippen molar-refractivity contribution in [3.63, 3.8) is 0 Å². The van der Waals surface area contributed by atoms with Crippen molar-refractivity contribution in [1.82, 2.24) is 20.1 Å². The van der Waals surface area contributed by atoms with Gasteiger partial charge >= 0.3 is 0 Å². The van der Waals surface area contributed by atoms with Crippen molar-refractivity contribution >= 4 is 32.7 Å². The van der Waals surface area contributed by atoms with Gasteiger partial charge in [-0.2, -0.15) is 10.1 Å². The maximum atomic E-state index is 12.7. The fourth-order valence-electron chi connectivity index (χ4n) is 3.68. The molecule has 0 fully saturated rings. The van der Waals surface area contributed by atoms with Gasteiger partial charge in [0.1, 0.15) is 5.75 Å². The predicted molar refractivity (Wildman–Crippen MR) is 134 cm³/mol. The van der Waals surface area contributed by atoms with E-state index in [9.17, 15) is 4.79 Å². The first-order valence-corrected chi connectivity index (χ1v) is 11.7. The Hall–Kier alpha value is -3.39. The van der Waals surface area contributed by atoms with Crippen molar-refractivity contribution in [2.45, 2.75) is 33.7 Å². The fourth-order valence-corrected chi connectivity index (χ4v) is 4.62. The second kappa shape index (κ2) is 9.23. The maximum absolute atomic E-state index is 12.7. The molecule has 33 heavy (non-hydrogen) atoms. The number of amides is 1. The first-order valence-electron chi connectivity index (χ1n) is 10.8. The van der Waals surface area contributed by atoms with E-state index < -0.39 is 0 Å². The summed E-state index contributed by atoms with van der Waals surface area (Å²) in [5.41, 5.74) is 6.18. The van der Waals surface area contributed by atoms with Crippen molar-refractivity contribution in [3.8, 4) is 11.4 Å². The van der Waals surface area contributed by atoms with E-state index >= 15 is 0 Å². The summed E-state index contributed by atoms with van der Waals surface area (Å²) in [7, 11) is 3.53. The van der Waals surface area contributed by atoms with E-state index in [-0.39, 0.29) is 18.5 Å². The van der Waals surface area contributed by atoms with Gasteiger partial charge in [-0.1, -0.05) is 29.5 Å². The van der Waals surface area contributed by atoms with Crippen LogP contribution in [-0.2, 0) is 4.79 Å². The number of thiazole rings is 1. The molecule has 1 atom stereocenters. The third kappa shape index (κ3) is 4.71. The minimum atomic E-state index is -0.0635. The lowest BCUT2D eigenvalue weighted by Crippen LogP contribution is -2.36. The summed E-state index contributed by atoms with van der Waals surface area (Å²) in [5.74, 6) is 0.745. The van der Waals surface area contributed by atoms with Gasteiger partial charge in [-0.15, -0.1) is 0 Å². The Kier molecular flexibility index (Phi) is 6.37. The van der Waals surface area contributed by atoms with Crippen LogP contribution >= 0.6 is 11.3 Å². The molecule has 0 saturated heterocycles. The number of carbonyl (C=O) groups excluding carboxylic acids is 1. The zero-order valence-electron chi connectivity index (χ0n) is 19.8. The van der Waals surface area contributed by atoms with E-state index in [1.54, 1.807) is 18.4 Å². The van der Waals surface area contributed by atoms with Gasteiger partial charge in [0.2, 0.25) is 5.91 Å². The largest absolute Gasteiger partial charge is 0.497 e. The molecule has 0 aliphatic rings. The molecule has 172 valence electrons. The zero-order chi connectivity index (χ0) is 23.7. The van der Waals surface area contributed by atoms with Gasteiger partial charge in [0.25, 0.3) is 0 Å². The standard InChI is InChI=1S/C25H29N5O2S/c1-15-7-8-19(13-16(15)2)17(3)26-22(31)14-29(5)25-27-24-23(33-25)18(4)28-30(24)20-9-11-21(32-6)12-10-20/h7-13,17H,14H2,1-6H3,(H,26,31)/t17-/m1/s1. The van der Waals surface area contributed by atoms with E-state index in [1.165, 1.54) is 11.1 Å². The number of aromatic nitrogens is 3. The van der Waals surface area contributed by atoms with E-state index in [4.69, 9.17) is 9.72 Å². The van der Waals surface area contributed by atoms with Gasteiger partial charge in [0, 0.05) is 7.05 Å². The second-order valence-corrected chi connectivity index (χ2v) is 9.31. The summed E-state index contributed by atoms with van der Waals surface area (Å²) in [4.78, 5) is 19.4. The first-order chi connectivity index (χ1) is 15.8. The Morgan fingerprint density at radius 2 is 1.88 bits per heavy atom. The number of fused-ring (bicyclic) bond motifs is 1. The summed E-state index contributed by atoms with van der Waals surface area (Å²) in [6.07, 6.45) is 0. The quantitative estimate of drug-likeness (QED) is 0.429. The van der Waals surface area contributed by atoms with Crippen molar-refractivity contribution in [2.24, 2.45) is 0 Å². The molecule has 8 heteroatoms.